The lowest BCUT2D eigenvalue weighted by Gasteiger charge is -2.32. The second-order valence-corrected chi connectivity index (χ2v) is 7.80. The maximum absolute atomic E-state index is 13.1. The normalized spacial score (nSPS) is 15.8. The van der Waals surface area contributed by atoms with Crippen molar-refractivity contribution in [3.8, 4) is 0 Å². The molecule has 2 heterocycles. The highest BCUT2D eigenvalue weighted by Crippen LogP contribution is 2.26. The molecule has 1 aliphatic heterocycles. The number of carbonyl (C=O) groups is 1. The molecule has 1 amide bonds. The average Bonchev–Trinajstić information content (AvgIpc) is 3.15. The van der Waals surface area contributed by atoms with Crippen LogP contribution in [-0.4, -0.2) is 79.7 Å². The lowest BCUT2D eigenvalue weighted by Crippen LogP contribution is -2.47. The molecule has 1 saturated heterocycles. The zero-order valence-corrected chi connectivity index (χ0v) is 19.3. The van der Waals surface area contributed by atoms with Gasteiger partial charge in [-0.25, -0.2) is 0 Å². The molecule has 8 nitrogen and oxygen atoms in total. The zero-order valence-electron chi connectivity index (χ0n) is 19.3. The summed E-state index contributed by atoms with van der Waals surface area (Å²) in [4.78, 5) is 32.8. The summed E-state index contributed by atoms with van der Waals surface area (Å²) < 4.78 is 0. The number of hydrogen-bond donors (Lipinski definition) is 2. The summed E-state index contributed by atoms with van der Waals surface area (Å²) in [5, 5.41) is 4.31. The standard InChI is InChI=1S/C25H31N7O/c1-6-7-22(27-4)23(10-11-26-3)29-17-28-19-8-9-21-20(16-19)18(2)24(30-21)25(33)32-14-12-31(5)13-15-32/h6-11,16,28,30H,1,3-4,12-15,17H2,2,5H3/b11-10-,22-7-,29-23+. The Balaban J connectivity index is 1.78. The molecule has 0 bridgehead atoms. The van der Waals surface area contributed by atoms with E-state index in [2.05, 4.69) is 57.2 Å². The lowest BCUT2D eigenvalue weighted by molar-refractivity contribution is 0.0658. The summed E-state index contributed by atoms with van der Waals surface area (Å²) in [6.45, 7) is 16.3. The third-order valence-corrected chi connectivity index (χ3v) is 5.64. The van der Waals surface area contributed by atoms with E-state index in [-0.39, 0.29) is 5.91 Å². The van der Waals surface area contributed by atoms with Gasteiger partial charge < -0.3 is 20.1 Å². The third kappa shape index (κ3) is 5.72. The Kier molecular flexibility index (Phi) is 8.10. The van der Waals surface area contributed by atoms with Crippen molar-refractivity contribution in [2.75, 3.05) is 45.2 Å². The minimum absolute atomic E-state index is 0.0571. The van der Waals surface area contributed by atoms with E-state index in [4.69, 9.17) is 0 Å². The fourth-order valence-corrected chi connectivity index (χ4v) is 3.71. The highest BCUT2D eigenvalue weighted by molar-refractivity contribution is 6.08. The molecule has 0 spiro atoms. The second kappa shape index (κ2) is 11.2. The van der Waals surface area contributed by atoms with Gasteiger partial charge in [0.05, 0.1) is 11.4 Å². The molecule has 3 rings (SSSR count). The number of piperazine rings is 1. The van der Waals surface area contributed by atoms with E-state index in [1.54, 1.807) is 24.4 Å². The number of aromatic amines is 1. The van der Waals surface area contributed by atoms with Gasteiger partial charge >= 0.3 is 0 Å². The van der Waals surface area contributed by atoms with Crippen molar-refractivity contribution < 1.29 is 4.79 Å². The van der Waals surface area contributed by atoms with Crippen LogP contribution in [0, 0.1) is 6.92 Å². The van der Waals surface area contributed by atoms with Crippen molar-refractivity contribution in [3.63, 3.8) is 0 Å². The van der Waals surface area contributed by atoms with Gasteiger partial charge in [0.1, 0.15) is 12.4 Å². The van der Waals surface area contributed by atoms with Crippen LogP contribution in [0.25, 0.3) is 10.9 Å². The highest BCUT2D eigenvalue weighted by atomic mass is 16.2. The van der Waals surface area contributed by atoms with E-state index in [9.17, 15) is 4.79 Å². The maximum Gasteiger partial charge on any atom is 0.270 e. The molecule has 172 valence electrons. The van der Waals surface area contributed by atoms with E-state index < -0.39 is 0 Å². The first-order chi connectivity index (χ1) is 16.0. The smallest absolute Gasteiger partial charge is 0.270 e. The summed E-state index contributed by atoms with van der Waals surface area (Å²) in [7, 11) is 2.08. The topological polar surface area (TPSA) is 88.4 Å². The molecule has 2 aromatic rings. The number of carbonyl (C=O) groups excluding carboxylic acids is 1. The van der Waals surface area contributed by atoms with Gasteiger partial charge in [-0.3, -0.25) is 19.8 Å². The number of amides is 1. The van der Waals surface area contributed by atoms with Crippen molar-refractivity contribution in [2.45, 2.75) is 6.92 Å². The van der Waals surface area contributed by atoms with Crippen molar-refractivity contribution in [1.29, 1.82) is 0 Å². The number of hydrogen-bond acceptors (Lipinski definition) is 6. The molecule has 0 saturated carbocycles. The Labute approximate surface area is 194 Å². The predicted octanol–water partition coefficient (Wildman–Crippen LogP) is 3.66. The molecular weight excluding hydrogens is 414 g/mol. The van der Waals surface area contributed by atoms with E-state index in [1.807, 2.05) is 30.0 Å². The number of allylic oxidation sites excluding steroid dienone is 3. The van der Waals surface area contributed by atoms with Crippen molar-refractivity contribution in [3.05, 3.63) is 66.2 Å². The molecular formula is C25H31N7O. The minimum atomic E-state index is 0.0571. The first-order valence-electron chi connectivity index (χ1n) is 10.8. The fraction of sp³-hybridized carbons (Fsp3) is 0.280. The fourth-order valence-electron chi connectivity index (χ4n) is 3.71. The highest BCUT2D eigenvalue weighted by Gasteiger charge is 2.23. The van der Waals surface area contributed by atoms with Gasteiger partial charge in [-0.05, 0) is 63.3 Å². The molecule has 1 fully saturated rings. The maximum atomic E-state index is 13.1. The quantitative estimate of drug-likeness (QED) is 0.456. The van der Waals surface area contributed by atoms with Crippen LogP contribution in [0.5, 0.6) is 0 Å². The number of anilines is 1. The molecule has 1 aromatic heterocycles. The van der Waals surface area contributed by atoms with Gasteiger partial charge in [0.2, 0.25) is 0 Å². The molecule has 1 aromatic carbocycles. The molecule has 0 aliphatic carbocycles. The second-order valence-electron chi connectivity index (χ2n) is 7.80. The zero-order chi connectivity index (χ0) is 23.8. The molecule has 2 N–H and O–H groups in total. The molecule has 0 unspecified atom stereocenters. The minimum Gasteiger partial charge on any atom is -0.366 e. The molecule has 33 heavy (non-hydrogen) atoms. The largest absolute Gasteiger partial charge is 0.366 e. The summed E-state index contributed by atoms with van der Waals surface area (Å²) >= 11 is 0. The van der Waals surface area contributed by atoms with Crippen molar-refractivity contribution >= 4 is 41.6 Å². The van der Waals surface area contributed by atoms with E-state index >= 15 is 0 Å². The molecule has 0 radical (unpaired) electrons. The Hall–Kier alpha value is -3.78. The van der Waals surface area contributed by atoms with Crippen LogP contribution in [0.2, 0.25) is 0 Å². The Morgan fingerprint density at radius 1 is 1.24 bits per heavy atom. The lowest BCUT2D eigenvalue weighted by atomic mass is 10.1. The first-order valence-corrected chi connectivity index (χ1v) is 10.8. The number of aromatic nitrogens is 1. The number of rotatable bonds is 9. The Morgan fingerprint density at radius 2 is 2.00 bits per heavy atom. The number of nitrogens with one attached hydrogen (secondary N) is 2. The molecule has 0 atom stereocenters. The number of nitrogens with zero attached hydrogens (tertiary/aromatic N) is 5. The number of aryl methyl sites for hydroxylation is 1. The summed E-state index contributed by atoms with van der Waals surface area (Å²) in [6.07, 6.45) is 6.63. The monoisotopic (exact) mass is 445 g/mol. The van der Waals surface area contributed by atoms with Crippen LogP contribution >= 0.6 is 0 Å². The van der Waals surface area contributed by atoms with Crippen LogP contribution in [0.1, 0.15) is 16.1 Å². The number of benzene rings is 1. The SMILES string of the molecule is C=C/C=C(N=C)/C(/C=C\N=C)=N/CNc1ccc2[nH]c(C(=O)N3CCN(C)CC3)c(C)c2c1. The number of aliphatic imine (C=N–C) groups is 3. The van der Waals surface area contributed by atoms with E-state index in [1.165, 1.54) is 0 Å². The first kappa shape index (κ1) is 23.9. The van der Waals surface area contributed by atoms with E-state index in [0.29, 0.717) is 23.8 Å². The number of fused-ring (bicyclic) bond motifs is 1. The average molecular weight is 446 g/mol. The van der Waals surface area contributed by atoms with Gasteiger partial charge in [0.15, 0.2) is 0 Å². The van der Waals surface area contributed by atoms with Crippen LogP contribution < -0.4 is 5.32 Å². The van der Waals surface area contributed by atoms with Crippen molar-refractivity contribution in [2.24, 2.45) is 15.0 Å². The summed E-state index contributed by atoms with van der Waals surface area (Å²) in [5.41, 5.74) is 4.66. The van der Waals surface area contributed by atoms with Crippen LogP contribution in [0.15, 0.2) is 69.9 Å². The Morgan fingerprint density at radius 3 is 2.67 bits per heavy atom. The summed E-state index contributed by atoms with van der Waals surface area (Å²) in [6, 6.07) is 5.97. The summed E-state index contributed by atoms with van der Waals surface area (Å²) in [5.74, 6) is 0.0571. The van der Waals surface area contributed by atoms with Gasteiger partial charge in [0, 0.05) is 49.0 Å². The van der Waals surface area contributed by atoms with Crippen molar-refractivity contribution in [1.82, 2.24) is 14.8 Å². The van der Waals surface area contributed by atoms with Crippen LogP contribution in [0.3, 0.4) is 0 Å². The predicted molar refractivity (Wildman–Crippen MR) is 139 cm³/mol. The van der Waals surface area contributed by atoms with Gasteiger partial charge in [0.25, 0.3) is 5.91 Å². The van der Waals surface area contributed by atoms with Crippen LogP contribution in [0.4, 0.5) is 5.69 Å². The number of likely N-dealkylation sites (N-methyl/N-ethyl adjacent to an activating group) is 1. The van der Waals surface area contributed by atoms with Gasteiger partial charge in [-0.15, -0.1) is 0 Å². The van der Waals surface area contributed by atoms with Gasteiger partial charge in [-0.1, -0.05) is 12.7 Å². The van der Waals surface area contributed by atoms with Gasteiger partial charge in [-0.2, -0.15) is 0 Å². The third-order valence-electron chi connectivity index (χ3n) is 5.64. The Bertz CT molecular complexity index is 1130. The molecule has 8 heteroatoms. The van der Waals surface area contributed by atoms with Crippen LogP contribution in [-0.2, 0) is 0 Å². The molecule has 1 aliphatic rings. The number of H-pyrrole nitrogens is 1. The van der Waals surface area contributed by atoms with E-state index in [0.717, 1.165) is 48.3 Å².